The van der Waals surface area contributed by atoms with Gasteiger partial charge in [0.15, 0.2) is 0 Å². The zero-order valence-corrected chi connectivity index (χ0v) is 21.1. The molecule has 4 amide bonds. The van der Waals surface area contributed by atoms with Crippen molar-refractivity contribution >= 4 is 23.8 Å². The third kappa shape index (κ3) is 5.51. The molecule has 4 rings (SSSR count). The highest BCUT2D eigenvalue weighted by Crippen LogP contribution is 2.32. The molecule has 2 fully saturated rings. The molecule has 3 aliphatic rings. The molecule has 1 aromatic carbocycles. The number of carbonyl (C=O) groups excluding carboxylic acids is 3. The van der Waals surface area contributed by atoms with Crippen LogP contribution in [0, 0.1) is 11.7 Å². The number of hydrogen-bond acceptors (Lipinski definition) is 5. The fourth-order valence-corrected chi connectivity index (χ4v) is 5.20. The van der Waals surface area contributed by atoms with Gasteiger partial charge in [-0.1, -0.05) is 37.3 Å². The summed E-state index contributed by atoms with van der Waals surface area (Å²) in [5.41, 5.74) is 1.61. The van der Waals surface area contributed by atoms with Crippen molar-refractivity contribution in [2.24, 2.45) is 5.92 Å². The number of nitrogens with one attached hydrogen (secondary N) is 1. The standard InChI is InChI=1S/C26H32FN5O5/c1-16-5-4-6-18(11-16)13-28-26(37)32-22-14-30(17(2)19-7-9-20(27)10-8-19)25(36)21(12-24(34)35)31(22)23(33)15-29(32)3/h4,6-11,16-17,21-22H,5,12-15H2,1-3H3,(H,28,37)(H,34,35)/t16?,17?,21-,22-/m0/s1. The SMILES string of the molecule is CC1C=C(CNC(=O)N2[C@H]3CN(C(C)c4ccc(F)cc4)C(=O)[C@H](CC(=O)O)N3C(=O)CN2C)C=CC1. The van der Waals surface area contributed by atoms with Gasteiger partial charge in [0.05, 0.1) is 25.6 Å². The van der Waals surface area contributed by atoms with Gasteiger partial charge in [0.2, 0.25) is 11.8 Å². The molecule has 0 spiro atoms. The number of likely N-dealkylation sites (N-methyl/N-ethyl adjacent to an activating group) is 1. The van der Waals surface area contributed by atoms with Crippen LogP contribution in [0.5, 0.6) is 0 Å². The van der Waals surface area contributed by atoms with E-state index in [1.54, 1.807) is 26.1 Å². The number of urea groups is 1. The Hall–Kier alpha value is -3.73. The molecule has 2 aliphatic heterocycles. The summed E-state index contributed by atoms with van der Waals surface area (Å²) in [6.45, 7) is 3.92. The smallest absolute Gasteiger partial charge is 0.334 e. The number of fused-ring (bicyclic) bond motifs is 1. The highest BCUT2D eigenvalue weighted by molar-refractivity contribution is 5.94. The third-order valence-electron chi connectivity index (χ3n) is 7.07. The van der Waals surface area contributed by atoms with Crippen LogP contribution in [0.2, 0.25) is 0 Å². The summed E-state index contributed by atoms with van der Waals surface area (Å²) in [7, 11) is 1.60. The molecule has 0 saturated carbocycles. The first kappa shape index (κ1) is 26.3. The molecule has 198 valence electrons. The van der Waals surface area contributed by atoms with E-state index in [0.717, 1.165) is 12.0 Å². The van der Waals surface area contributed by atoms with E-state index in [-0.39, 0.29) is 19.6 Å². The fourth-order valence-electron chi connectivity index (χ4n) is 5.20. The highest BCUT2D eigenvalue weighted by atomic mass is 19.1. The second kappa shape index (κ2) is 10.7. The van der Waals surface area contributed by atoms with Crippen LogP contribution < -0.4 is 5.32 Å². The first-order chi connectivity index (χ1) is 17.6. The number of carboxylic acids is 1. The highest BCUT2D eigenvalue weighted by Gasteiger charge is 2.52. The molecular weight excluding hydrogens is 481 g/mol. The molecule has 37 heavy (non-hydrogen) atoms. The normalized spacial score (nSPS) is 25.0. The number of carboxylic acid groups (broad SMARTS) is 1. The van der Waals surface area contributed by atoms with Crippen molar-refractivity contribution in [2.75, 3.05) is 26.7 Å². The molecule has 1 aromatic rings. The molecule has 2 N–H and O–H groups in total. The summed E-state index contributed by atoms with van der Waals surface area (Å²) in [4.78, 5) is 54.4. The number of nitrogens with zero attached hydrogens (tertiary/aromatic N) is 4. The zero-order chi connectivity index (χ0) is 26.9. The minimum absolute atomic E-state index is 0.0311. The Kier molecular flexibility index (Phi) is 7.63. The van der Waals surface area contributed by atoms with E-state index < -0.39 is 54.3 Å². The minimum atomic E-state index is -1.28. The van der Waals surface area contributed by atoms with Crippen molar-refractivity contribution in [3.63, 3.8) is 0 Å². The van der Waals surface area contributed by atoms with Crippen LogP contribution in [0.15, 0.2) is 48.1 Å². The van der Waals surface area contributed by atoms with Gasteiger partial charge < -0.3 is 20.2 Å². The predicted octanol–water partition coefficient (Wildman–Crippen LogP) is 2.12. The van der Waals surface area contributed by atoms with E-state index in [2.05, 4.69) is 24.4 Å². The maximum Gasteiger partial charge on any atom is 0.334 e. The van der Waals surface area contributed by atoms with Crippen molar-refractivity contribution in [3.05, 3.63) is 59.4 Å². The average Bonchev–Trinajstić information content (AvgIpc) is 2.84. The number of benzene rings is 1. The second-order valence-corrected chi connectivity index (χ2v) is 9.79. The molecule has 11 heteroatoms. The summed E-state index contributed by atoms with van der Waals surface area (Å²) < 4.78 is 13.5. The average molecular weight is 514 g/mol. The van der Waals surface area contributed by atoms with Gasteiger partial charge in [0.25, 0.3) is 0 Å². The van der Waals surface area contributed by atoms with E-state index in [0.29, 0.717) is 11.5 Å². The maximum atomic E-state index is 13.5. The summed E-state index contributed by atoms with van der Waals surface area (Å²) in [5.74, 6) is -2.25. The monoisotopic (exact) mass is 513 g/mol. The second-order valence-electron chi connectivity index (χ2n) is 9.79. The lowest BCUT2D eigenvalue weighted by Crippen LogP contribution is -2.76. The number of piperazine rings is 1. The number of amides is 4. The van der Waals surface area contributed by atoms with Crippen molar-refractivity contribution < 1.29 is 28.7 Å². The Labute approximate surface area is 214 Å². The van der Waals surface area contributed by atoms with E-state index in [1.165, 1.54) is 32.0 Å². The van der Waals surface area contributed by atoms with Crippen LogP contribution in [-0.2, 0) is 14.4 Å². The first-order valence-corrected chi connectivity index (χ1v) is 12.3. The summed E-state index contributed by atoms with van der Waals surface area (Å²) in [6.07, 6.45) is 5.53. The molecule has 1 aliphatic carbocycles. The Balaban J connectivity index is 1.63. The number of hydrogen-bond donors (Lipinski definition) is 2. The number of aliphatic carboxylic acids is 1. The number of rotatable bonds is 6. The Morgan fingerprint density at radius 3 is 2.57 bits per heavy atom. The van der Waals surface area contributed by atoms with E-state index in [1.807, 2.05) is 6.08 Å². The van der Waals surface area contributed by atoms with Crippen molar-refractivity contribution in [3.8, 4) is 0 Å². The van der Waals surface area contributed by atoms with Crippen molar-refractivity contribution in [1.29, 1.82) is 0 Å². The van der Waals surface area contributed by atoms with Gasteiger partial charge in [0, 0.05) is 13.6 Å². The molecule has 2 unspecified atom stereocenters. The third-order valence-corrected chi connectivity index (χ3v) is 7.07. The van der Waals surface area contributed by atoms with Gasteiger partial charge in [-0.3, -0.25) is 14.4 Å². The summed E-state index contributed by atoms with van der Waals surface area (Å²) >= 11 is 0. The van der Waals surface area contributed by atoms with E-state index in [9.17, 15) is 28.7 Å². The molecule has 0 aromatic heterocycles. The quantitative estimate of drug-likeness (QED) is 0.603. The van der Waals surface area contributed by atoms with Crippen LogP contribution in [0.25, 0.3) is 0 Å². The fraction of sp³-hybridized carbons (Fsp3) is 0.462. The first-order valence-electron chi connectivity index (χ1n) is 12.3. The van der Waals surface area contributed by atoms with Gasteiger partial charge in [-0.05, 0) is 42.5 Å². The number of allylic oxidation sites excluding steroid dienone is 2. The minimum Gasteiger partial charge on any atom is -0.481 e. The van der Waals surface area contributed by atoms with Gasteiger partial charge in [-0.25, -0.2) is 19.2 Å². The Bertz CT molecular complexity index is 1140. The number of carbonyl (C=O) groups is 4. The molecule has 0 radical (unpaired) electrons. The topological polar surface area (TPSA) is 113 Å². The zero-order valence-electron chi connectivity index (χ0n) is 21.1. The molecule has 10 nitrogen and oxygen atoms in total. The van der Waals surface area contributed by atoms with Crippen molar-refractivity contribution in [2.45, 2.75) is 44.9 Å². The van der Waals surface area contributed by atoms with E-state index >= 15 is 0 Å². The Morgan fingerprint density at radius 1 is 1.22 bits per heavy atom. The van der Waals surface area contributed by atoms with Crippen LogP contribution >= 0.6 is 0 Å². The van der Waals surface area contributed by atoms with Crippen LogP contribution in [0.1, 0.15) is 38.3 Å². The lowest BCUT2D eigenvalue weighted by atomic mass is 9.98. The molecule has 0 bridgehead atoms. The number of halogens is 1. The molecular formula is C26H32FN5O5. The van der Waals surface area contributed by atoms with Gasteiger partial charge >= 0.3 is 12.0 Å². The predicted molar refractivity (Wildman–Crippen MR) is 132 cm³/mol. The van der Waals surface area contributed by atoms with Crippen LogP contribution in [-0.4, -0.2) is 87.6 Å². The summed E-state index contributed by atoms with van der Waals surface area (Å²) in [6, 6.07) is 3.40. The molecule has 2 saturated heterocycles. The summed E-state index contributed by atoms with van der Waals surface area (Å²) in [5, 5.41) is 15.3. The Morgan fingerprint density at radius 2 is 1.92 bits per heavy atom. The largest absolute Gasteiger partial charge is 0.481 e. The van der Waals surface area contributed by atoms with E-state index in [4.69, 9.17) is 0 Å². The van der Waals surface area contributed by atoms with Crippen molar-refractivity contribution in [1.82, 2.24) is 25.1 Å². The van der Waals surface area contributed by atoms with Gasteiger partial charge in [-0.2, -0.15) is 0 Å². The lowest BCUT2D eigenvalue weighted by Gasteiger charge is -2.55. The molecule has 2 heterocycles. The van der Waals surface area contributed by atoms with Crippen LogP contribution in [0.4, 0.5) is 9.18 Å². The van der Waals surface area contributed by atoms with Crippen LogP contribution in [0.3, 0.4) is 0 Å². The van der Waals surface area contributed by atoms with Gasteiger partial charge in [0.1, 0.15) is 18.0 Å². The lowest BCUT2D eigenvalue weighted by molar-refractivity contribution is -0.190. The van der Waals surface area contributed by atoms with Gasteiger partial charge in [-0.15, -0.1) is 0 Å². The molecule has 4 atom stereocenters. The number of hydrazine groups is 1. The maximum absolute atomic E-state index is 13.5.